The van der Waals surface area contributed by atoms with Gasteiger partial charge in [0.1, 0.15) is 11.5 Å². The SMILES string of the molecule is Cc1oc(C(C)C)nc1C(=O)NC(C)c1ccco1. The first-order valence-corrected chi connectivity index (χ1v) is 6.30. The molecule has 2 aromatic rings. The Hall–Kier alpha value is -2.04. The normalized spacial score (nSPS) is 12.7. The highest BCUT2D eigenvalue weighted by atomic mass is 16.4. The minimum absolute atomic E-state index is 0.155. The Morgan fingerprint density at radius 2 is 2.11 bits per heavy atom. The largest absolute Gasteiger partial charge is 0.467 e. The maximum Gasteiger partial charge on any atom is 0.274 e. The van der Waals surface area contributed by atoms with Gasteiger partial charge in [0, 0.05) is 5.92 Å². The summed E-state index contributed by atoms with van der Waals surface area (Å²) in [5.74, 6) is 1.72. The number of amides is 1. The van der Waals surface area contributed by atoms with Crippen LogP contribution in [0.4, 0.5) is 0 Å². The lowest BCUT2D eigenvalue weighted by atomic mass is 10.2. The lowest BCUT2D eigenvalue weighted by Crippen LogP contribution is -2.27. The predicted molar refractivity (Wildman–Crippen MR) is 69.9 cm³/mol. The first-order chi connectivity index (χ1) is 8.99. The van der Waals surface area contributed by atoms with Crippen molar-refractivity contribution in [1.29, 1.82) is 0 Å². The lowest BCUT2D eigenvalue weighted by molar-refractivity contribution is 0.0929. The van der Waals surface area contributed by atoms with Crippen LogP contribution in [-0.4, -0.2) is 10.9 Å². The van der Waals surface area contributed by atoms with Crippen molar-refractivity contribution in [1.82, 2.24) is 10.3 Å². The van der Waals surface area contributed by atoms with Gasteiger partial charge in [-0.05, 0) is 26.0 Å². The van der Waals surface area contributed by atoms with Crippen LogP contribution in [0.2, 0.25) is 0 Å². The van der Waals surface area contributed by atoms with E-state index in [0.29, 0.717) is 23.1 Å². The predicted octanol–water partition coefficient (Wildman–Crippen LogP) is 3.19. The summed E-state index contributed by atoms with van der Waals surface area (Å²) in [6.45, 7) is 7.54. The molecule has 1 amide bonds. The Balaban J connectivity index is 2.12. The van der Waals surface area contributed by atoms with E-state index in [1.165, 1.54) is 0 Å². The summed E-state index contributed by atoms with van der Waals surface area (Å²) >= 11 is 0. The number of aromatic nitrogens is 1. The molecule has 0 radical (unpaired) electrons. The van der Waals surface area contributed by atoms with Crippen molar-refractivity contribution >= 4 is 5.91 Å². The summed E-state index contributed by atoms with van der Waals surface area (Å²) in [6, 6.07) is 3.40. The van der Waals surface area contributed by atoms with Gasteiger partial charge in [0.25, 0.3) is 5.91 Å². The number of rotatable bonds is 4. The molecule has 102 valence electrons. The molecule has 0 spiro atoms. The Morgan fingerprint density at radius 1 is 1.37 bits per heavy atom. The maximum atomic E-state index is 12.1. The van der Waals surface area contributed by atoms with Crippen molar-refractivity contribution in [3.8, 4) is 0 Å². The Morgan fingerprint density at radius 3 is 2.63 bits per heavy atom. The summed E-state index contributed by atoms with van der Waals surface area (Å²) in [4.78, 5) is 16.4. The molecular weight excluding hydrogens is 244 g/mol. The van der Waals surface area contributed by atoms with E-state index in [-0.39, 0.29) is 17.9 Å². The zero-order valence-corrected chi connectivity index (χ0v) is 11.6. The number of nitrogens with zero attached hydrogens (tertiary/aromatic N) is 1. The van der Waals surface area contributed by atoms with E-state index in [0.717, 1.165) is 0 Å². The van der Waals surface area contributed by atoms with E-state index in [4.69, 9.17) is 8.83 Å². The van der Waals surface area contributed by atoms with Crippen molar-refractivity contribution in [2.45, 2.75) is 39.7 Å². The second-order valence-corrected chi connectivity index (χ2v) is 4.82. The van der Waals surface area contributed by atoms with Crippen LogP contribution in [0.3, 0.4) is 0 Å². The van der Waals surface area contributed by atoms with Crippen LogP contribution in [-0.2, 0) is 0 Å². The van der Waals surface area contributed by atoms with Crippen LogP contribution in [0.25, 0.3) is 0 Å². The van der Waals surface area contributed by atoms with E-state index in [2.05, 4.69) is 10.3 Å². The topological polar surface area (TPSA) is 68.3 Å². The van der Waals surface area contributed by atoms with E-state index in [1.807, 2.05) is 26.8 Å². The number of furan rings is 1. The molecule has 5 nitrogen and oxygen atoms in total. The third-order valence-corrected chi connectivity index (χ3v) is 2.84. The molecule has 0 saturated carbocycles. The van der Waals surface area contributed by atoms with Gasteiger partial charge in [-0.25, -0.2) is 4.98 Å². The molecule has 0 fully saturated rings. The van der Waals surface area contributed by atoms with Gasteiger partial charge in [-0.3, -0.25) is 4.79 Å². The van der Waals surface area contributed by atoms with Crippen molar-refractivity contribution in [2.75, 3.05) is 0 Å². The van der Waals surface area contributed by atoms with Crippen molar-refractivity contribution in [3.05, 3.63) is 41.5 Å². The second-order valence-electron chi connectivity index (χ2n) is 4.82. The standard InChI is InChI=1S/C14H18N2O3/c1-8(2)14-16-12(10(4)19-14)13(17)15-9(3)11-6-5-7-18-11/h5-9H,1-4H3,(H,15,17). The van der Waals surface area contributed by atoms with Gasteiger partial charge in [0.15, 0.2) is 11.6 Å². The lowest BCUT2D eigenvalue weighted by Gasteiger charge is -2.09. The van der Waals surface area contributed by atoms with Gasteiger partial charge in [-0.1, -0.05) is 13.8 Å². The molecule has 19 heavy (non-hydrogen) atoms. The fourth-order valence-electron chi connectivity index (χ4n) is 1.75. The molecule has 0 aliphatic carbocycles. The highest BCUT2D eigenvalue weighted by Crippen LogP contribution is 2.19. The quantitative estimate of drug-likeness (QED) is 0.918. The van der Waals surface area contributed by atoms with Gasteiger partial charge in [0.05, 0.1) is 12.3 Å². The Kier molecular flexibility index (Phi) is 3.74. The summed E-state index contributed by atoms with van der Waals surface area (Å²) in [6.07, 6.45) is 1.58. The number of nitrogens with one attached hydrogen (secondary N) is 1. The molecule has 0 aliphatic heterocycles. The molecule has 1 atom stereocenters. The number of hydrogen-bond donors (Lipinski definition) is 1. The van der Waals surface area contributed by atoms with E-state index >= 15 is 0 Å². The highest BCUT2D eigenvalue weighted by molar-refractivity contribution is 5.93. The third kappa shape index (κ3) is 2.86. The fraction of sp³-hybridized carbons (Fsp3) is 0.429. The number of oxazole rings is 1. The molecular formula is C14H18N2O3. The van der Waals surface area contributed by atoms with E-state index < -0.39 is 0 Å². The van der Waals surface area contributed by atoms with Gasteiger partial charge >= 0.3 is 0 Å². The van der Waals surface area contributed by atoms with E-state index in [1.54, 1.807) is 19.3 Å². The fourth-order valence-corrected chi connectivity index (χ4v) is 1.75. The summed E-state index contributed by atoms with van der Waals surface area (Å²) in [5.41, 5.74) is 0.335. The Bertz CT molecular complexity index is 555. The molecule has 2 heterocycles. The molecule has 0 aliphatic rings. The summed E-state index contributed by atoms with van der Waals surface area (Å²) < 4.78 is 10.7. The minimum atomic E-state index is -0.253. The number of aryl methyl sites for hydroxylation is 1. The summed E-state index contributed by atoms with van der Waals surface area (Å²) in [5, 5.41) is 2.84. The van der Waals surface area contributed by atoms with Crippen molar-refractivity contribution in [3.63, 3.8) is 0 Å². The number of carbonyl (C=O) groups excluding carboxylic acids is 1. The molecule has 0 bridgehead atoms. The van der Waals surface area contributed by atoms with Crippen LogP contribution < -0.4 is 5.32 Å². The first-order valence-electron chi connectivity index (χ1n) is 6.30. The van der Waals surface area contributed by atoms with Crippen molar-refractivity contribution < 1.29 is 13.6 Å². The molecule has 2 aromatic heterocycles. The molecule has 2 rings (SSSR count). The van der Waals surface area contributed by atoms with E-state index in [9.17, 15) is 4.79 Å². The minimum Gasteiger partial charge on any atom is -0.467 e. The second kappa shape index (κ2) is 5.30. The number of hydrogen-bond acceptors (Lipinski definition) is 4. The smallest absolute Gasteiger partial charge is 0.274 e. The molecule has 0 saturated heterocycles. The van der Waals surface area contributed by atoms with Crippen molar-refractivity contribution in [2.24, 2.45) is 0 Å². The van der Waals surface area contributed by atoms with Crippen LogP contribution in [0.1, 0.15) is 60.6 Å². The zero-order valence-electron chi connectivity index (χ0n) is 11.6. The first kappa shape index (κ1) is 13.4. The van der Waals surface area contributed by atoms with Gasteiger partial charge in [-0.2, -0.15) is 0 Å². The summed E-state index contributed by atoms with van der Waals surface area (Å²) in [7, 11) is 0. The Labute approximate surface area is 112 Å². The van der Waals surface area contributed by atoms with Gasteiger partial charge in [-0.15, -0.1) is 0 Å². The average molecular weight is 262 g/mol. The molecule has 0 aromatic carbocycles. The zero-order chi connectivity index (χ0) is 14.0. The number of carbonyl (C=O) groups is 1. The molecule has 1 N–H and O–H groups in total. The molecule has 1 unspecified atom stereocenters. The van der Waals surface area contributed by atoms with Gasteiger partial charge in [0.2, 0.25) is 0 Å². The van der Waals surface area contributed by atoms with Crippen LogP contribution in [0.15, 0.2) is 27.2 Å². The van der Waals surface area contributed by atoms with Crippen LogP contribution >= 0.6 is 0 Å². The average Bonchev–Trinajstić information content (AvgIpc) is 2.97. The maximum absolute atomic E-state index is 12.1. The molecule has 5 heteroatoms. The van der Waals surface area contributed by atoms with Crippen LogP contribution in [0, 0.1) is 6.92 Å². The van der Waals surface area contributed by atoms with Gasteiger partial charge < -0.3 is 14.2 Å². The van der Waals surface area contributed by atoms with Crippen LogP contribution in [0.5, 0.6) is 0 Å². The monoisotopic (exact) mass is 262 g/mol. The highest BCUT2D eigenvalue weighted by Gasteiger charge is 2.21. The third-order valence-electron chi connectivity index (χ3n) is 2.84.